The van der Waals surface area contributed by atoms with Gasteiger partial charge in [-0.1, -0.05) is 24.3 Å². The fourth-order valence-electron chi connectivity index (χ4n) is 2.98. The van der Waals surface area contributed by atoms with Gasteiger partial charge in [0.05, 0.1) is 5.52 Å². The van der Waals surface area contributed by atoms with Gasteiger partial charge in [-0.05, 0) is 58.8 Å². The number of carbonyl (C=O) groups is 1. The Morgan fingerprint density at radius 1 is 0.960 bits per heavy atom. The summed E-state index contributed by atoms with van der Waals surface area (Å²) in [6.07, 6.45) is 1.77. The lowest BCUT2D eigenvalue weighted by Crippen LogP contribution is -2.23. The van der Waals surface area contributed by atoms with Crippen molar-refractivity contribution in [3.8, 4) is 5.75 Å². The van der Waals surface area contributed by atoms with E-state index >= 15 is 0 Å². The molecule has 0 aliphatic rings. The molecular weight excluding hydrogens is 312 g/mol. The van der Waals surface area contributed by atoms with Crippen molar-refractivity contribution in [2.75, 3.05) is 0 Å². The number of hydrogen-bond acceptors (Lipinski definition) is 3. The first-order valence-corrected chi connectivity index (χ1v) is 8.04. The average molecular weight is 328 g/mol. The van der Waals surface area contributed by atoms with Crippen molar-refractivity contribution in [1.82, 2.24) is 10.3 Å². The lowest BCUT2D eigenvalue weighted by atomic mass is 10.0. The van der Waals surface area contributed by atoms with Gasteiger partial charge in [0.2, 0.25) is 0 Å². The molecule has 1 heterocycles. The summed E-state index contributed by atoms with van der Waals surface area (Å²) in [5.74, 6) is 0.0532. The summed E-state index contributed by atoms with van der Waals surface area (Å²) in [5, 5.41) is 15.3. The largest absolute Gasteiger partial charge is 0.508 e. The minimum Gasteiger partial charge on any atom is -0.508 e. The van der Waals surface area contributed by atoms with Gasteiger partial charge < -0.3 is 10.4 Å². The molecular formula is C21H16N2O2. The first kappa shape index (κ1) is 15.1. The van der Waals surface area contributed by atoms with Crippen LogP contribution in [0, 0.1) is 0 Å². The average Bonchev–Trinajstić information content (AvgIpc) is 2.65. The minimum absolute atomic E-state index is 0.137. The van der Waals surface area contributed by atoms with E-state index in [1.54, 1.807) is 30.5 Å². The third kappa shape index (κ3) is 3.02. The number of phenols is 1. The summed E-state index contributed by atoms with van der Waals surface area (Å²) >= 11 is 0. The number of phenolic OH excluding ortho intramolecular Hbond substituents is 1. The van der Waals surface area contributed by atoms with Gasteiger partial charge in [-0.25, -0.2) is 0 Å². The molecule has 1 aromatic heterocycles. The van der Waals surface area contributed by atoms with E-state index in [2.05, 4.69) is 10.3 Å². The van der Waals surface area contributed by atoms with Crippen molar-refractivity contribution < 1.29 is 9.90 Å². The molecule has 122 valence electrons. The standard InChI is InChI=1S/C21H16N2O2/c24-17-7-8-18-15(12-17)3-1-5-19(18)21(25)23-13-14-6-9-20-16(11-14)4-2-10-22-20/h1-12,24H,13H2,(H,23,25). The van der Waals surface area contributed by atoms with Crippen LogP contribution in [0.4, 0.5) is 0 Å². The predicted octanol–water partition coefficient (Wildman–Crippen LogP) is 4.02. The van der Waals surface area contributed by atoms with E-state index in [4.69, 9.17) is 0 Å². The SMILES string of the molecule is O=C(NCc1ccc2ncccc2c1)c1cccc2cc(O)ccc12. The zero-order chi connectivity index (χ0) is 17.2. The number of nitrogens with zero attached hydrogens (tertiary/aromatic N) is 1. The molecule has 0 fully saturated rings. The molecule has 4 aromatic rings. The van der Waals surface area contributed by atoms with Crippen LogP contribution in [0.2, 0.25) is 0 Å². The first-order chi connectivity index (χ1) is 12.2. The van der Waals surface area contributed by atoms with Gasteiger partial charge in [-0.15, -0.1) is 0 Å². The Balaban J connectivity index is 1.57. The monoisotopic (exact) mass is 328 g/mol. The summed E-state index contributed by atoms with van der Waals surface area (Å²) in [7, 11) is 0. The number of aromatic nitrogens is 1. The molecule has 0 unspecified atom stereocenters. The highest BCUT2D eigenvalue weighted by atomic mass is 16.3. The molecule has 3 aromatic carbocycles. The number of amides is 1. The minimum atomic E-state index is -0.137. The Hall–Kier alpha value is -3.40. The number of hydrogen-bond donors (Lipinski definition) is 2. The lowest BCUT2D eigenvalue weighted by Gasteiger charge is -2.09. The van der Waals surface area contributed by atoms with Gasteiger partial charge in [-0.2, -0.15) is 0 Å². The van der Waals surface area contributed by atoms with E-state index in [9.17, 15) is 9.90 Å². The number of rotatable bonds is 3. The summed E-state index contributed by atoms with van der Waals surface area (Å²) in [5.41, 5.74) is 2.55. The lowest BCUT2D eigenvalue weighted by molar-refractivity contribution is 0.0952. The van der Waals surface area contributed by atoms with Crippen molar-refractivity contribution >= 4 is 27.6 Å². The molecule has 0 aliphatic carbocycles. The molecule has 1 amide bonds. The third-order valence-electron chi connectivity index (χ3n) is 4.23. The Morgan fingerprint density at radius 3 is 2.76 bits per heavy atom. The quantitative estimate of drug-likeness (QED) is 0.597. The Bertz CT molecular complexity index is 1090. The molecule has 0 atom stereocenters. The first-order valence-electron chi connectivity index (χ1n) is 8.04. The number of benzene rings is 3. The molecule has 0 saturated carbocycles. The number of aromatic hydroxyl groups is 1. The van der Waals surface area contributed by atoms with E-state index in [1.165, 1.54) is 0 Å². The molecule has 4 heteroatoms. The summed E-state index contributed by atoms with van der Waals surface area (Å²) < 4.78 is 0. The zero-order valence-electron chi connectivity index (χ0n) is 13.4. The van der Waals surface area contributed by atoms with Crippen molar-refractivity contribution in [3.05, 3.63) is 84.1 Å². The van der Waals surface area contributed by atoms with Gasteiger partial charge in [0.15, 0.2) is 0 Å². The van der Waals surface area contributed by atoms with Crippen LogP contribution in [0.25, 0.3) is 21.7 Å². The third-order valence-corrected chi connectivity index (χ3v) is 4.23. The summed E-state index contributed by atoms with van der Waals surface area (Å²) in [6.45, 7) is 0.443. The normalized spacial score (nSPS) is 10.9. The van der Waals surface area contributed by atoms with Gasteiger partial charge in [0.1, 0.15) is 5.75 Å². The molecule has 4 rings (SSSR count). The molecule has 0 saturated heterocycles. The Morgan fingerprint density at radius 2 is 1.84 bits per heavy atom. The maximum absolute atomic E-state index is 12.6. The molecule has 0 spiro atoms. The smallest absolute Gasteiger partial charge is 0.252 e. The topological polar surface area (TPSA) is 62.2 Å². The molecule has 0 aliphatic heterocycles. The highest BCUT2D eigenvalue weighted by Gasteiger charge is 2.10. The van der Waals surface area contributed by atoms with Crippen LogP contribution in [0.15, 0.2) is 72.9 Å². The van der Waals surface area contributed by atoms with E-state index in [0.29, 0.717) is 12.1 Å². The fourth-order valence-corrected chi connectivity index (χ4v) is 2.98. The maximum Gasteiger partial charge on any atom is 0.252 e. The van der Waals surface area contributed by atoms with Crippen LogP contribution < -0.4 is 5.32 Å². The number of carbonyl (C=O) groups excluding carboxylic acids is 1. The fraction of sp³-hybridized carbons (Fsp3) is 0.0476. The molecule has 2 N–H and O–H groups in total. The highest BCUT2D eigenvalue weighted by molar-refractivity contribution is 6.07. The highest BCUT2D eigenvalue weighted by Crippen LogP contribution is 2.23. The van der Waals surface area contributed by atoms with Crippen LogP contribution in [0.1, 0.15) is 15.9 Å². The van der Waals surface area contributed by atoms with Gasteiger partial charge >= 0.3 is 0 Å². The second-order valence-corrected chi connectivity index (χ2v) is 5.92. The second-order valence-electron chi connectivity index (χ2n) is 5.92. The van der Waals surface area contributed by atoms with Crippen LogP contribution in [0.3, 0.4) is 0 Å². The van der Waals surface area contributed by atoms with E-state index < -0.39 is 0 Å². The van der Waals surface area contributed by atoms with Crippen LogP contribution in [-0.4, -0.2) is 16.0 Å². The number of fused-ring (bicyclic) bond motifs is 2. The van der Waals surface area contributed by atoms with E-state index in [0.717, 1.165) is 27.2 Å². The zero-order valence-corrected chi connectivity index (χ0v) is 13.4. The van der Waals surface area contributed by atoms with Gasteiger partial charge in [0.25, 0.3) is 5.91 Å². The predicted molar refractivity (Wildman–Crippen MR) is 98.5 cm³/mol. The van der Waals surface area contributed by atoms with Crippen LogP contribution in [-0.2, 0) is 6.54 Å². The van der Waals surface area contributed by atoms with Crippen LogP contribution in [0.5, 0.6) is 5.75 Å². The summed E-state index contributed by atoms with van der Waals surface area (Å²) in [6, 6.07) is 20.4. The van der Waals surface area contributed by atoms with Crippen molar-refractivity contribution in [1.29, 1.82) is 0 Å². The Labute approximate surface area is 144 Å². The van der Waals surface area contributed by atoms with Crippen molar-refractivity contribution in [3.63, 3.8) is 0 Å². The van der Waals surface area contributed by atoms with Crippen molar-refractivity contribution in [2.45, 2.75) is 6.54 Å². The van der Waals surface area contributed by atoms with Gasteiger partial charge in [-0.3, -0.25) is 9.78 Å². The molecule has 4 nitrogen and oxygen atoms in total. The number of pyridine rings is 1. The molecule has 0 radical (unpaired) electrons. The van der Waals surface area contributed by atoms with Crippen molar-refractivity contribution in [2.24, 2.45) is 0 Å². The molecule has 25 heavy (non-hydrogen) atoms. The van der Waals surface area contributed by atoms with E-state index in [-0.39, 0.29) is 11.7 Å². The van der Waals surface area contributed by atoms with Crippen LogP contribution >= 0.6 is 0 Å². The van der Waals surface area contributed by atoms with Gasteiger partial charge in [0, 0.05) is 23.7 Å². The second kappa shape index (κ2) is 6.24. The maximum atomic E-state index is 12.6. The number of nitrogens with one attached hydrogen (secondary N) is 1. The molecule has 0 bridgehead atoms. The Kier molecular flexibility index (Phi) is 3.78. The van der Waals surface area contributed by atoms with E-state index in [1.807, 2.05) is 42.5 Å². The summed E-state index contributed by atoms with van der Waals surface area (Å²) in [4.78, 5) is 16.9.